The first-order valence-electron chi connectivity index (χ1n) is 8.66. The van der Waals surface area contributed by atoms with E-state index in [9.17, 15) is 4.79 Å². The number of rotatable bonds is 5. The normalized spacial score (nSPS) is 14.8. The Balaban J connectivity index is 2.08. The Bertz CT molecular complexity index is 865. The number of fused-ring (bicyclic) bond motifs is 2. The van der Waals surface area contributed by atoms with Crippen molar-refractivity contribution in [1.82, 2.24) is 4.90 Å². The molecule has 1 heterocycles. The summed E-state index contributed by atoms with van der Waals surface area (Å²) < 4.78 is 6.02. The zero-order chi connectivity index (χ0) is 18.5. The van der Waals surface area contributed by atoms with Crippen LogP contribution < -0.4 is 4.74 Å². The molecule has 4 heteroatoms. The number of aliphatic carboxylic acids is 1. The summed E-state index contributed by atoms with van der Waals surface area (Å²) in [4.78, 5) is 13.0. The Morgan fingerprint density at radius 3 is 2.77 bits per heavy atom. The Morgan fingerprint density at radius 2 is 2.00 bits per heavy atom. The largest absolute Gasteiger partial charge is 0.488 e. The van der Waals surface area contributed by atoms with E-state index in [0.29, 0.717) is 6.61 Å². The summed E-state index contributed by atoms with van der Waals surface area (Å²) in [6.45, 7) is 1.49. The summed E-state index contributed by atoms with van der Waals surface area (Å²) in [6, 6.07) is 14.1. The molecule has 0 aromatic heterocycles. The van der Waals surface area contributed by atoms with Crippen LogP contribution in [0.4, 0.5) is 0 Å². The maximum absolute atomic E-state index is 10.8. The third-order valence-electron chi connectivity index (χ3n) is 4.33. The smallest absolute Gasteiger partial charge is 0.328 e. The van der Waals surface area contributed by atoms with Crippen molar-refractivity contribution in [3.8, 4) is 5.75 Å². The van der Waals surface area contributed by atoms with Gasteiger partial charge in [0.05, 0.1) is 0 Å². The SMILES string of the molecule is CN(C)CC/C=C1/c2ccccc2COc2ccc(/C=C/C(=O)O)cc21. The number of carboxylic acid groups (broad SMARTS) is 1. The van der Waals surface area contributed by atoms with E-state index < -0.39 is 5.97 Å². The fourth-order valence-corrected chi connectivity index (χ4v) is 3.05. The van der Waals surface area contributed by atoms with Gasteiger partial charge in [-0.05, 0) is 61.0 Å². The van der Waals surface area contributed by atoms with Gasteiger partial charge in [-0.25, -0.2) is 4.79 Å². The van der Waals surface area contributed by atoms with Crippen LogP contribution >= 0.6 is 0 Å². The highest BCUT2D eigenvalue weighted by Crippen LogP contribution is 2.37. The number of hydrogen-bond acceptors (Lipinski definition) is 3. The first-order valence-corrected chi connectivity index (χ1v) is 8.66. The summed E-state index contributed by atoms with van der Waals surface area (Å²) in [7, 11) is 4.12. The first kappa shape index (κ1) is 18.0. The minimum Gasteiger partial charge on any atom is -0.488 e. The molecule has 0 spiro atoms. The number of ether oxygens (including phenoxy) is 1. The predicted molar refractivity (Wildman–Crippen MR) is 104 cm³/mol. The molecule has 1 aliphatic heterocycles. The van der Waals surface area contributed by atoms with E-state index in [1.165, 1.54) is 5.56 Å². The summed E-state index contributed by atoms with van der Waals surface area (Å²) in [6.07, 6.45) is 5.93. The van der Waals surface area contributed by atoms with Gasteiger partial charge >= 0.3 is 5.97 Å². The number of benzene rings is 2. The molecule has 0 atom stereocenters. The lowest BCUT2D eigenvalue weighted by Crippen LogP contribution is -2.12. The molecule has 0 fully saturated rings. The van der Waals surface area contributed by atoms with Crippen molar-refractivity contribution in [2.45, 2.75) is 13.0 Å². The van der Waals surface area contributed by atoms with Crippen molar-refractivity contribution in [1.29, 1.82) is 0 Å². The number of carbonyl (C=O) groups is 1. The minimum atomic E-state index is -0.955. The maximum atomic E-state index is 10.8. The van der Waals surface area contributed by atoms with Crippen LogP contribution in [0.1, 0.15) is 28.7 Å². The van der Waals surface area contributed by atoms with Crippen molar-refractivity contribution in [3.63, 3.8) is 0 Å². The van der Waals surface area contributed by atoms with Gasteiger partial charge in [0.1, 0.15) is 12.4 Å². The topological polar surface area (TPSA) is 49.8 Å². The predicted octanol–water partition coefficient (Wildman–Crippen LogP) is 4.06. The third kappa shape index (κ3) is 4.21. The summed E-state index contributed by atoms with van der Waals surface area (Å²) in [5, 5.41) is 8.88. The van der Waals surface area contributed by atoms with Crippen LogP contribution in [0.3, 0.4) is 0 Å². The highest BCUT2D eigenvalue weighted by Gasteiger charge is 2.19. The Kier molecular flexibility index (Phi) is 5.54. The van der Waals surface area contributed by atoms with E-state index in [-0.39, 0.29) is 0 Å². The molecule has 0 amide bonds. The van der Waals surface area contributed by atoms with Crippen LogP contribution in [-0.2, 0) is 11.4 Å². The average molecular weight is 349 g/mol. The van der Waals surface area contributed by atoms with Gasteiger partial charge in [-0.2, -0.15) is 0 Å². The van der Waals surface area contributed by atoms with Crippen molar-refractivity contribution in [3.05, 3.63) is 76.9 Å². The zero-order valence-electron chi connectivity index (χ0n) is 15.1. The van der Waals surface area contributed by atoms with E-state index in [1.54, 1.807) is 6.08 Å². The zero-order valence-corrected chi connectivity index (χ0v) is 15.1. The monoisotopic (exact) mass is 349 g/mol. The van der Waals surface area contributed by atoms with Crippen molar-refractivity contribution in [2.24, 2.45) is 0 Å². The lowest BCUT2D eigenvalue weighted by atomic mass is 9.92. The molecule has 0 saturated heterocycles. The molecule has 134 valence electrons. The summed E-state index contributed by atoms with van der Waals surface area (Å²) in [5.74, 6) is -0.131. The Labute approximate surface area is 154 Å². The van der Waals surface area contributed by atoms with Crippen molar-refractivity contribution >= 4 is 17.6 Å². The minimum absolute atomic E-state index is 0.526. The van der Waals surface area contributed by atoms with E-state index in [2.05, 4.69) is 37.2 Å². The van der Waals surface area contributed by atoms with Crippen LogP contribution in [0.5, 0.6) is 5.75 Å². The van der Waals surface area contributed by atoms with Gasteiger partial charge in [-0.3, -0.25) is 0 Å². The second kappa shape index (κ2) is 8.02. The number of nitrogens with zero attached hydrogens (tertiary/aromatic N) is 1. The molecular weight excluding hydrogens is 326 g/mol. The van der Waals surface area contributed by atoms with Crippen LogP contribution in [-0.4, -0.2) is 36.6 Å². The van der Waals surface area contributed by atoms with E-state index in [1.807, 2.05) is 30.3 Å². The molecule has 0 bridgehead atoms. The highest BCUT2D eigenvalue weighted by molar-refractivity contribution is 5.88. The second-order valence-corrected chi connectivity index (χ2v) is 6.58. The fourth-order valence-electron chi connectivity index (χ4n) is 3.05. The average Bonchev–Trinajstić information content (AvgIpc) is 2.77. The molecule has 0 radical (unpaired) electrons. The Hall–Kier alpha value is -2.85. The van der Waals surface area contributed by atoms with E-state index >= 15 is 0 Å². The van der Waals surface area contributed by atoms with Gasteiger partial charge in [0.15, 0.2) is 0 Å². The molecule has 4 nitrogen and oxygen atoms in total. The quantitative estimate of drug-likeness (QED) is 0.827. The first-order chi connectivity index (χ1) is 12.5. The molecule has 0 aliphatic carbocycles. The molecular formula is C22H23NO3. The van der Waals surface area contributed by atoms with Crippen molar-refractivity contribution < 1.29 is 14.6 Å². The van der Waals surface area contributed by atoms with Crippen LogP contribution in [0.2, 0.25) is 0 Å². The van der Waals surface area contributed by atoms with E-state index in [0.717, 1.165) is 47.1 Å². The summed E-state index contributed by atoms with van der Waals surface area (Å²) in [5.41, 5.74) is 5.31. The molecule has 1 aliphatic rings. The Morgan fingerprint density at radius 1 is 1.19 bits per heavy atom. The van der Waals surface area contributed by atoms with Gasteiger partial charge < -0.3 is 14.7 Å². The van der Waals surface area contributed by atoms with Crippen LogP contribution in [0.25, 0.3) is 11.6 Å². The summed E-state index contributed by atoms with van der Waals surface area (Å²) >= 11 is 0. The van der Waals surface area contributed by atoms with Gasteiger partial charge in [-0.1, -0.05) is 36.4 Å². The molecule has 0 unspecified atom stereocenters. The molecule has 3 rings (SSSR count). The fraction of sp³-hybridized carbons (Fsp3) is 0.227. The van der Waals surface area contributed by atoms with Gasteiger partial charge in [-0.15, -0.1) is 0 Å². The maximum Gasteiger partial charge on any atom is 0.328 e. The lowest BCUT2D eigenvalue weighted by Gasteiger charge is -2.13. The van der Waals surface area contributed by atoms with Crippen molar-refractivity contribution in [2.75, 3.05) is 20.6 Å². The standard InChI is InChI=1S/C22H23NO3/c1-23(2)13-5-8-19-18-7-4-3-6-17(18)15-26-21-11-9-16(14-20(19)21)10-12-22(24)25/h3-4,6-12,14H,5,13,15H2,1-2H3,(H,24,25)/b12-10+,19-8-. The number of carboxylic acids is 1. The third-order valence-corrected chi connectivity index (χ3v) is 4.33. The molecule has 1 N–H and O–H groups in total. The van der Waals surface area contributed by atoms with Crippen LogP contribution in [0.15, 0.2) is 54.6 Å². The second-order valence-electron chi connectivity index (χ2n) is 6.58. The van der Waals surface area contributed by atoms with E-state index in [4.69, 9.17) is 9.84 Å². The lowest BCUT2D eigenvalue weighted by molar-refractivity contribution is -0.131. The van der Waals surface area contributed by atoms with Crippen LogP contribution in [0, 0.1) is 0 Å². The molecule has 26 heavy (non-hydrogen) atoms. The number of hydrogen-bond donors (Lipinski definition) is 1. The molecule has 0 saturated carbocycles. The van der Waals surface area contributed by atoms with Gasteiger partial charge in [0, 0.05) is 18.2 Å². The molecule has 2 aromatic carbocycles. The van der Waals surface area contributed by atoms with Gasteiger partial charge in [0.2, 0.25) is 0 Å². The van der Waals surface area contributed by atoms with Gasteiger partial charge in [0.25, 0.3) is 0 Å². The highest BCUT2D eigenvalue weighted by atomic mass is 16.5. The molecule has 2 aromatic rings.